The van der Waals surface area contributed by atoms with Crippen LogP contribution in [-0.4, -0.2) is 14.7 Å². The van der Waals surface area contributed by atoms with Crippen molar-refractivity contribution < 1.29 is 12.7 Å². The third-order valence-corrected chi connectivity index (χ3v) is 3.68. The van der Waals surface area contributed by atoms with Crippen LogP contribution in [-0.2, 0) is 19.8 Å². The number of benzene rings is 2. The van der Waals surface area contributed by atoms with Crippen molar-refractivity contribution in [1.29, 1.82) is 0 Å². The van der Waals surface area contributed by atoms with E-state index in [2.05, 4.69) is 42.7 Å². The first-order chi connectivity index (χ1) is 10.2. The second-order valence-corrected chi connectivity index (χ2v) is 7.84. The van der Waals surface area contributed by atoms with Crippen LogP contribution in [0.4, 0.5) is 5.69 Å². The lowest BCUT2D eigenvalue weighted by Gasteiger charge is -2.19. The third kappa shape index (κ3) is 4.32. The van der Waals surface area contributed by atoms with Crippen LogP contribution in [0.25, 0.3) is 11.1 Å². The van der Waals surface area contributed by atoms with Gasteiger partial charge < -0.3 is 0 Å². The fourth-order valence-electron chi connectivity index (χ4n) is 2.09. The van der Waals surface area contributed by atoms with E-state index in [0.29, 0.717) is 5.69 Å². The maximum absolute atomic E-state index is 11.1. The summed E-state index contributed by atoms with van der Waals surface area (Å²) in [6, 6.07) is 15.6. The zero-order valence-electron chi connectivity index (χ0n) is 13.3. The molecule has 22 heavy (non-hydrogen) atoms. The van der Waals surface area contributed by atoms with Gasteiger partial charge in [-0.1, -0.05) is 63.2 Å². The van der Waals surface area contributed by atoms with Crippen molar-refractivity contribution in [2.75, 3.05) is 11.7 Å². The number of rotatable bonds is 4. The average molecular weight is 319 g/mol. The lowest BCUT2D eigenvalue weighted by Crippen LogP contribution is -2.11. The first-order valence-corrected chi connectivity index (χ1v) is 8.83. The van der Waals surface area contributed by atoms with E-state index in [1.165, 1.54) is 5.56 Å². The molecular weight excluding hydrogens is 298 g/mol. The Balaban J connectivity index is 2.33. The van der Waals surface area contributed by atoms with E-state index in [1.807, 2.05) is 30.3 Å². The van der Waals surface area contributed by atoms with Gasteiger partial charge in [0.2, 0.25) is 0 Å². The molecule has 1 N–H and O–H groups in total. The largest absolute Gasteiger partial charge is 0.284 e. The number of nitrogens with one attached hydrogen (secondary N) is 1. The van der Waals surface area contributed by atoms with Crippen molar-refractivity contribution in [1.82, 2.24) is 0 Å². The summed E-state index contributed by atoms with van der Waals surface area (Å²) in [6.07, 6.45) is 1.00. The standard InChI is InChI=1S/C17H21NO3S/c1-17(2,3)14-11-9-13(10-12-14)15-7-5-6-8-16(15)18-21-22(4,19)20/h5-12,18H,1-4H3. The molecule has 0 saturated carbocycles. The van der Waals surface area contributed by atoms with Crippen LogP contribution in [0.3, 0.4) is 0 Å². The Hall–Kier alpha value is -1.85. The van der Waals surface area contributed by atoms with Gasteiger partial charge in [0.25, 0.3) is 10.1 Å². The van der Waals surface area contributed by atoms with Gasteiger partial charge >= 0.3 is 0 Å². The van der Waals surface area contributed by atoms with E-state index in [-0.39, 0.29) is 5.41 Å². The summed E-state index contributed by atoms with van der Waals surface area (Å²) in [7, 11) is -3.56. The maximum Gasteiger partial charge on any atom is 0.284 e. The van der Waals surface area contributed by atoms with Gasteiger partial charge in [0, 0.05) is 5.56 Å². The van der Waals surface area contributed by atoms with E-state index < -0.39 is 10.1 Å². The first kappa shape index (κ1) is 16.5. The van der Waals surface area contributed by atoms with Crippen LogP contribution in [0.1, 0.15) is 26.3 Å². The molecule has 0 spiro atoms. The van der Waals surface area contributed by atoms with Crippen molar-refractivity contribution in [3.8, 4) is 11.1 Å². The minimum atomic E-state index is -3.56. The van der Waals surface area contributed by atoms with Gasteiger partial charge in [0.15, 0.2) is 0 Å². The molecule has 0 bridgehead atoms. The molecule has 0 aliphatic rings. The summed E-state index contributed by atoms with van der Waals surface area (Å²) in [4.78, 5) is 0. The highest BCUT2D eigenvalue weighted by Crippen LogP contribution is 2.30. The molecule has 118 valence electrons. The summed E-state index contributed by atoms with van der Waals surface area (Å²) < 4.78 is 26.9. The third-order valence-electron chi connectivity index (χ3n) is 3.29. The predicted octanol–water partition coefficient (Wildman–Crippen LogP) is 3.95. The fourth-order valence-corrected chi connectivity index (χ4v) is 2.34. The maximum atomic E-state index is 11.1. The molecule has 0 aromatic heterocycles. The smallest absolute Gasteiger partial charge is 0.249 e. The van der Waals surface area contributed by atoms with Crippen LogP contribution < -0.4 is 5.48 Å². The molecule has 0 unspecified atom stereocenters. The lowest BCUT2D eigenvalue weighted by molar-refractivity contribution is 0.396. The summed E-state index contributed by atoms with van der Waals surface area (Å²) in [6.45, 7) is 6.49. The van der Waals surface area contributed by atoms with E-state index in [9.17, 15) is 8.42 Å². The van der Waals surface area contributed by atoms with E-state index in [1.54, 1.807) is 6.07 Å². The molecule has 0 aliphatic heterocycles. The predicted molar refractivity (Wildman–Crippen MR) is 90.1 cm³/mol. The van der Waals surface area contributed by atoms with Crippen molar-refractivity contribution in [2.45, 2.75) is 26.2 Å². The van der Waals surface area contributed by atoms with Crippen molar-refractivity contribution in [3.63, 3.8) is 0 Å². The summed E-state index contributed by atoms with van der Waals surface area (Å²) in [5.74, 6) is 0. The molecule has 2 rings (SSSR count). The van der Waals surface area contributed by atoms with Gasteiger partial charge in [-0.2, -0.15) is 12.7 Å². The van der Waals surface area contributed by atoms with Crippen LogP contribution in [0.15, 0.2) is 48.5 Å². The highest BCUT2D eigenvalue weighted by Gasteiger charge is 2.14. The Morgan fingerprint density at radius 2 is 1.55 bits per heavy atom. The molecule has 0 amide bonds. The van der Waals surface area contributed by atoms with Crippen molar-refractivity contribution >= 4 is 15.8 Å². The van der Waals surface area contributed by atoms with Gasteiger partial charge in [-0.3, -0.25) is 0 Å². The highest BCUT2D eigenvalue weighted by atomic mass is 32.2. The topological polar surface area (TPSA) is 55.4 Å². The van der Waals surface area contributed by atoms with Crippen LogP contribution >= 0.6 is 0 Å². The summed E-state index contributed by atoms with van der Waals surface area (Å²) in [5.41, 5.74) is 6.33. The molecule has 0 saturated heterocycles. The fraction of sp³-hybridized carbons (Fsp3) is 0.294. The second-order valence-electron chi connectivity index (χ2n) is 6.26. The monoisotopic (exact) mass is 319 g/mol. The molecule has 0 atom stereocenters. The Kier molecular flexibility index (Phi) is 4.58. The SMILES string of the molecule is CC(C)(C)c1ccc(-c2ccccc2NOS(C)(=O)=O)cc1. The minimum Gasteiger partial charge on any atom is -0.249 e. The number of para-hydroxylation sites is 1. The van der Waals surface area contributed by atoms with E-state index in [0.717, 1.165) is 17.4 Å². The average Bonchev–Trinajstić information content (AvgIpc) is 2.44. The molecule has 0 radical (unpaired) electrons. The van der Waals surface area contributed by atoms with Crippen molar-refractivity contribution in [2.24, 2.45) is 0 Å². The number of anilines is 1. The minimum absolute atomic E-state index is 0.0930. The normalized spacial score (nSPS) is 12.2. The number of hydrogen-bond acceptors (Lipinski definition) is 4. The Bertz CT molecular complexity index is 744. The van der Waals surface area contributed by atoms with Crippen LogP contribution in [0, 0.1) is 0 Å². The molecule has 0 fully saturated rings. The Morgan fingerprint density at radius 1 is 0.955 bits per heavy atom. The van der Waals surface area contributed by atoms with Crippen molar-refractivity contribution in [3.05, 3.63) is 54.1 Å². The molecule has 5 heteroatoms. The first-order valence-electron chi connectivity index (χ1n) is 7.01. The highest BCUT2D eigenvalue weighted by molar-refractivity contribution is 7.86. The lowest BCUT2D eigenvalue weighted by atomic mass is 9.86. The van der Waals surface area contributed by atoms with E-state index >= 15 is 0 Å². The molecule has 0 heterocycles. The molecule has 2 aromatic carbocycles. The quantitative estimate of drug-likeness (QED) is 0.867. The van der Waals surface area contributed by atoms with Gasteiger partial charge in [-0.15, -0.1) is 0 Å². The van der Waals surface area contributed by atoms with Crippen LogP contribution in [0.5, 0.6) is 0 Å². The zero-order chi connectivity index (χ0) is 16.4. The van der Waals surface area contributed by atoms with Gasteiger partial charge in [-0.25, -0.2) is 5.48 Å². The molecule has 2 aromatic rings. The zero-order valence-corrected chi connectivity index (χ0v) is 14.1. The van der Waals surface area contributed by atoms with Gasteiger partial charge in [0.1, 0.15) is 0 Å². The number of hydrogen-bond donors (Lipinski definition) is 1. The van der Waals surface area contributed by atoms with Gasteiger partial charge in [-0.05, 0) is 22.6 Å². The second kappa shape index (κ2) is 6.10. The van der Waals surface area contributed by atoms with Crippen LogP contribution in [0.2, 0.25) is 0 Å². The summed E-state index contributed by atoms with van der Waals surface area (Å²) in [5, 5.41) is 0. The Morgan fingerprint density at radius 3 is 2.09 bits per heavy atom. The van der Waals surface area contributed by atoms with Gasteiger partial charge in [0.05, 0.1) is 11.9 Å². The van der Waals surface area contributed by atoms with E-state index in [4.69, 9.17) is 0 Å². The Labute approximate surface area is 132 Å². The molecule has 0 aliphatic carbocycles. The summed E-state index contributed by atoms with van der Waals surface area (Å²) >= 11 is 0. The molecular formula is C17H21NO3S. The molecule has 4 nitrogen and oxygen atoms in total.